The van der Waals surface area contributed by atoms with Crippen LogP contribution in [0.5, 0.6) is 0 Å². The summed E-state index contributed by atoms with van der Waals surface area (Å²) in [5.41, 5.74) is 5.54. The number of aliphatic imine (C=N–C) groups is 1. The van der Waals surface area contributed by atoms with Crippen molar-refractivity contribution >= 4 is 41.7 Å². The third kappa shape index (κ3) is 4.17. The molecule has 2 unspecified atom stereocenters. The lowest BCUT2D eigenvalue weighted by molar-refractivity contribution is 0.257. The van der Waals surface area contributed by atoms with Gasteiger partial charge in [0.05, 0.1) is 6.54 Å². The Morgan fingerprint density at radius 1 is 1.33 bits per heavy atom. The second kappa shape index (κ2) is 9.26. The highest BCUT2D eigenvalue weighted by Crippen LogP contribution is 2.29. The van der Waals surface area contributed by atoms with Crippen molar-refractivity contribution < 1.29 is 0 Å². The zero-order valence-electron chi connectivity index (χ0n) is 10.8. The molecular weight excluding hydrogens is 291 g/mol. The average Bonchev–Trinajstić information content (AvgIpc) is 2.55. The number of hydrogen-bond acceptors (Lipinski definition) is 4. The number of amidine groups is 1. The highest BCUT2D eigenvalue weighted by molar-refractivity contribution is 8.13. The van der Waals surface area contributed by atoms with E-state index in [1.54, 1.807) is 0 Å². The first-order valence-electron chi connectivity index (χ1n) is 6.23. The van der Waals surface area contributed by atoms with Crippen LogP contribution in [0.4, 0.5) is 0 Å². The van der Waals surface area contributed by atoms with E-state index in [1.807, 2.05) is 11.8 Å². The van der Waals surface area contributed by atoms with Crippen molar-refractivity contribution in [2.45, 2.75) is 31.8 Å². The average molecular weight is 315 g/mol. The van der Waals surface area contributed by atoms with Crippen LogP contribution in [0.2, 0.25) is 0 Å². The van der Waals surface area contributed by atoms with Gasteiger partial charge in [0.1, 0.15) is 0 Å². The number of fused-ring (bicyclic) bond motifs is 2. The van der Waals surface area contributed by atoms with Gasteiger partial charge in [-0.15, -0.1) is 24.8 Å². The van der Waals surface area contributed by atoms with Crippen molar-refractivity contribution in [1.29, 1.82) is 0 Å². The Balaban J connectivity index is 0.00000144. The number of rotatable bonds is 3. The van der Waals surface area contributed by atoms with E-state index < -0.39 is 0 Å². The molecule has 2 heterocycles. The minimum Gasteiger partial charge on any atom is -0.343 e. The smallest absolute Gasteiger partial charge is 0.159 e. The Kier molecular flexibility index (Phi) is 9.42. The Hall–Kier alpha value is 0.320. The van der Waals surface area contributed by atoms with Gasteiger partial charge in [0.15, 0.2) is 5.17 Å². The largest absolute Gasteiger partial charge is 0.343 e. The molecule has 0 aromatic heterocycles. The van der Waals surface area contributed by atoms with Gasteiger partial charge in [0.2, 0.25) is 0 Å². The van der Waals surface area contributed by atoms with Crippen molar-refractivity contribution in [3.8, 4) is 0 Å². The summed E-state index contributed by atoms with van der Waals surface area (Å²) in [6, 6.07) is 1.32. The SMILES string of the molecule is CCSC(=NCCN)N1C2CCC1CNC2.Cl.Cl. The first kappa shape index (κ1) is 18.3. The predicted molar refractivity (Wildman–Crippen MR) is 85.5 cm³/mol. The lowest BCUT2D eigenvalue weighted by atomic mass is 10.2. The number of nitrogens with two attached hydrogens (primary N) is 1. The van der Waals surface area contributed by atoms with Crippen LogP contribution in [0, 0.1) is 0 Å². The molecule has 2 fully saturated rings. The molecule has 0 spiro atoms. The molecular formula is C11H24Cl2N4S. The summed E-state index contributed by atoms with van der Waals surface area (Å²) < 4.78 is 0. The Morgan fingerprint density at radius 3 is 2.44 bits per heavy atom. The lowest BCUT2D eigenvalue weighted by Crippen LogP contribution is -2.53. The normalized spacial score (nSPS) is 26.6. The highest BCUT2D eigenvalue weighted by atomic mass is 35.5. The first-order chi connectivity index (χ1) is 7.86. The molecule has 2 saturated heterocycles. The second-order valence-corrected chi connectivity index (χ2v) is 5.57. The van der Waals surface area contributed by atoms with Gasteiger partial charge in [-0.25, -0.2) is 0 Å². The lowest BCUT2D eigenvalue weighted by Gasteiger charge is -2.37. The molecule has 0 aliphatic carbocycles. The van der Waals surface area contributed by atoms with Crippen molar-refractivity contribution in [3.05, 3.63) is 0 Å². The molecule has 0 aromatic carbocycles. The second-order valence-electron chi connectivity index (χ2n) is 4.34. The van der Waals surface area contributed by atoms with E-state index in [9.17, 15) is 0 Å². The number of hydrogen-bond donors (Lipinski definition) is 2. The zero-order chi connectivity index (χ0) is 11.4. The number of piperazine rings is 1. The molecule has 7 heteroatoms. The van der Waals surface area contributed by atoms with Crippen molar-refractivity contribution in [2.24, 2.45) is 10.7 Å². The van der Waals surface area contributed by atoms with Gasteiger partial charge in [0.25, 0.3) is 0 Å². The van der Waals surface area contributed by atoms with E-state index in [-0.39, 0.29) is 24.8 Å². The first-order valence-corrected chi connectivity index (χ1v) is 7.21. The standard InChI is InChI=1S/C11H22N4S.2ClH/c1-2-16-11(14-6-5-12)15-9-3-4-10(15)8-13-7-9;;/h9-10,13H,2-8,12H2,1H3;2*1H. The zero-order valence-corrected chi connectivity index (χ0v) is 13.3. The highest BCUT2D eigenvalue weighted by Gasteiger charge is 2.38. The topological polar surface area (TPSA) is 53.6 Å². The molecule has 0 radical (unpaired) electrons. The Morgan fingerprint density at radius 2 is 1.94 bits per heavy atom. The van der Waals surface area contributed by atoms with Gasteiger partial charge in [-0.05, 0) is 18.6 Å². The van der Waals surface area contributed by atoms with E-state index in [0.717, 1.165) is 25.4 Å². The van der Waals surface area contributed by atoms with Crippen LogP contribution >= 0.6 is 36.6 Å². The molecule has 2 aliphatic heterocycles. The summed E-state index contributed by atoms with van der Waals surface area (Å²) in [6.07, 6.45) is 2.62. The molecule has 2 atom stereocenters. The maximum atomic E-state index is 5.54. The number of halogens is 2. The van der Waals surface area contributed by atoms with Crippen LogP contribution < -0.4 is 11.1 Å². The van der Waals surface area contributed by atoms with Gasteiger partial charge in [-0.1, -0.05) is 18.7 Å². The van der Waals surface area contributed by atoms with E-state index >= 15 is 0 Å². The van der Waals surface area contributed by atoms with Gasteiger partial charge in [-0.3, -0.25) is 4.99 Å². The van der Waals surface area contributed by atoms with Crippen molar-refractivity contribution in [3.63, 3.8) is 0 Å². The van der Waals surface area contributed by atoms with Gasteiger partial charge in [-0.2, -0.15) is 0 Å². The minimum atomic E-state index is 0. The maximum Gasteiger partial charge on any atom is 0.159 e. The van der Waals surface area contributed by atoms with Crippen LogP contribution in [0.3, 0.4) is 0 Å². The maximum absolute atomic E-state index is 5.54. The predicted octanol–water partition coefficient (Wildman–Crippen LogP) is 1.33. The van der Waals surface area contributed by atoms with Crippen molar-refractivity contribution in [1.82, 2.24) is 10.2 Å². The fraction of sp³-hybridized carbons (Fsp3) is 0.909. The quantitative estimate of drug-likeness (QED) is 0.609. The van der Waals surface area contributed by atoms with E-state index in [2.05, 4.69) is 22.1 Å². The summed E-state index contributed by atoms with van der Waals surface area (Å²) in [5.74, 6) is 1.09. The van der Waals surface area contributed by atoms with Crippen LogP contribution in [-0.2, 0) is 0 Å². The number of nitrogens with zero attached hydrogens (tertiary/aromatic N) is 2. The number of thioether (sulfide) groups is 1. The number of nitrogens with one attached hydrogen (secondary N) is 1. The van der Waals surface area contributed by atoms with E-state index in [4.69, 9.17) is 5.73 Å². The van der Waals surface area contributed by atoms with Crippen LogP contribution in [0.25, 0.3) is 0 Å². The summed E-state index contributed by atoms with van der Waals surface area (Å²) in [5, 5.41) is 4.72. The molecule has 0 aromatic rings. The molecule has 0 saturated carbocycles. The van der Waals surface area contributed by atoms with E-state index in [0.29, 0.717) is 18.6 Å². The fourth-order valence-corrected chi connectivity index (χ4v) is 3.47. The summed E-state index contributed by atoms with van der Waals surface area (Å²) in [6.45, 7) is 5.82. The van der Waals surface area contributed by atoms with Crippen molar-refractivity contribution in [2.75, 3.05) is 31.9 Å². The molecule has 18 heavy (non-hydrogen) atoms. The van der Waals surface area contributed by atoms with Gasteiger partial charge < -0.3 is 16.0 Å². The molecule has 4 nitrogen and oxygen atoms in total. The Labute approximate surface area is 126 Å². The van der Waals surface area contributed by atoms with E-state index in [1.165, 1.54) is 18.0 Å². The molecule has 108 valence electrons. The molecule has 2 rings (SSSR count). The minimum absolute atomic E-state index is 0. The molecule has 3 N–H and O–H groups in total. The molecule has 0 amide bonds. The van der Waals surface area contributed by atoms with Crippen LogP contribution in [0.15, 0.2) is 4.99 Å². The van der Waals surface area contributed by atoms with Crippen LogP contribution in [0.1, 0.15) is 19.8 Å². The monoisotopic (exact) mass is 314 g/mol. The molecule has 2 aliphatic rings. The molecule has 2 bridgehead atoms. The fourth-order valence-electron chi connectivity index (χ4n) is 2.58. The third-order valence-electron chi connectivity index (χ3n) is 3.25. The summed E-state index contributed by atoms with van der Waals surface area (Å²) in [4.78, 5) is 7.19. The summed E-state index contributed by atoms with van der Waals surface area (Å²) in [7, 11) is 0. The van der Waals surface area contributed by atoms with Gasteiger partial charge >= 0.3 is 0 Å². The summed E-state index contributed by atoms with van der Waals surface area (Å²) >= 11 is 1.86. The van der Waals surface area contributed by atoms with Gasteiger partial charge in [0, 0.05) is 31.7 Å². The third-order valence-corrected chi connectivity index (χ3v) is 4.14. The Bertz CT molecular complexity index is 249. The van der Waals surface area contributed by atoms with Crippen LogP contribution in [-0.4, -0.2) is 54.1 Å².